The molecule has 0 amide bonds. The Bertz CT molecular complexity index is 774. The smallest absolute Gasteiger partial charge is 0.266 e. The van der Waals surface area contributed by atoms with E-state index in [0.29, 0.717) is 0 Å². The van der Waals surface area contributed by atoms with E-state index in [9.17, 15) is 13.2 Å². The van der Waals surface area contributed by atoms with E-state index in [2.05, 4.69) is 14.7 Å². The maximum absolute atomic E-state index is 12.0. The van der Waals surface area contributed by atoms with Crippen LogP contribution in [0.25, 0.3) is 0 Å². The Morgan fingerprint density at radius 3 is 2.63 bits per heavy atom. The van der Waals surface area contributed by atoms with Gasteiger partial charge in [0.25, 0.3) is 15.6 Å². The zero-order chi connectivity index (χ0) is 14.0. The molecule has 2 aromatic heterocycles. The summed E-state index contributed by atoms with van der Waals surface area (Å²) < 4.78 is 26.2. The molecule has 0 unspecified atom stereocenters. The van der Waals surface area contributed by atoms with Crippen molar-refractivity contribution < 1.29 is 8.42 Å². The Hall–Kier alpha value is -1.57. The summed E-state index contributed by atoms with van der Waals surface area (Å²) in [5.41, 5.74) is -0.568. The Morgan fingerprint density at radius 2 is 2.00 bits per heavy atom. The molecule has 6 nitrogen and oxygen atoms in total. The third-order valence-corrected chi connectivity index (χ3v) is 3.92. The SMILES string of the molecule is O=c1[nH]cc(S(=O)(=O)Nc2cccc(Cl)n2)cc1Cl. The van der Waals surface area contributed by atoms with Gasteiger partial charge in [-0.25, -0.2) is 13.4 Å². The standard InChI is InChI=1S/C10H7Cl2N3O3S/c11-7-4-6(5-13-10(7)16)19(17,18)15-9-3-1-2-8(12)14-9/h1-5H,(H,13,16)(H,14,15). The number of anilines is 1. The fraction of sp³-hybridized carbons (Fsp3) is 0. The van der Waals surface area contributed by atoms with E-state index < -0.39 is 15.6 Å². The molecule has 0 saturated heterocycles. The fourth-order valence-corrected chi connectivity index (χ4v) is 2.65. The Kier molecular flexibility index (Phi) is 3.79. The number of nitrogens with zero attached hydrogens (tertiary/aromatic N) is 1. The molecule has 0 atom stereocenters. The van der Waals surface area contributed by atoms with E-state index >= 15 is 0 Å². The largest absolute Gasteiger partial charge is 0.326 e. The lowest BCUT2D eigenvalue weighted by Gasteiger charge is -2.07. The number of hydrogen-bond acceptors (Lipinski definition) is 4. The van der Waals surface area contributed by atoms with Gasteiger partial charge in [-0.15, -0.1) is 0 Å². The zero-order valence-electron chi connectivity index (χ0n) is 9.22. The van der Waals surface area contributed by atoms with Gasteiger partial charge in [-0.1, -0.05) is 29.3 Å². The first-order chi connectivity index (χ1) is 8.88. The second-order valence-corrected chi connectivity index (χ2v) is 5.94. The number of aromatic amines is 1. The van der Waals surface area contributed by atoms with E-state index in [0.717, 1.165) is 12.3 Å². The minimum atomic E-state index is -3.90. The Labute approximate surface area is 118 Å². The summed E-state index contributed by atoms with van der Waals surface area (Å²) >= 11 is 11.2. The molecule has 0 aliphatic rings. The molecule has 0 aliphatic heterocycles. The number of nitrogens with one attached hydrogen (secondary N) is 2. The van der Waals surface area contributed by atoms with Gasteiger partial charge in [0.2, 0.25) is 0 Å². The molecule has 0 bridgehead atoms. The van der Waals surface area contributed by atoms with E-state index in [1.165, 1.54) is 12.1 Å². The maximum atomic E-state index is 12.0. The summed E-state index contributed by atoms with van der Waals surface area (Å²) in [5.74, 6) is 0.0647. The highest BCUT2D eigenvalue weighted by Crippen LogP contribution is 2.16. The maximum Gasteiger partial charge on any atom is 0.266 e. The molecule has 0 fully saturated rings. The number of pyridine rings is 2. The molecule has 2 aromatic rings. The average Bonchev–Trinajstić information content (AvgIpc) is 2.32. The van der Waals surface area contributed by atoms with Crippen LogP contribution in [-0.4, -0.2) is 18.4 Å². The van der Waals surface area contributed by atoms with Gasteiger partial charge < -0.3 is 4.98 Å². The van der Waals surface area contributed by atoms with Crippen molar-refractivity contribution in [3.8, 4) is 0 Å². The van der Waals surface area contributed by atoms with Gasteiger partial charge in [0.15, 0.2) is 0 Å². The summed E-state index contributed by atoms with van der Waals surface area (Å²) in [5, 5.41) is -0.0679. The fourth-order valence-electron chi connectivity index (χ4n) is 1.25. The molecule has 19 heavy (non-hydrogen) atoms. The molecule has 0 spiro atoms. The Balaban J connectivity index is 2.37. The van der Waals surface area contributed by atoms with Crippen LogP contribution < -0.4 is 10.3 Å². The first kappa shape index (κ1) is 13.9. The minimum Gasteiger partial charge on any atom is -0.326 e. The van der Waals surface area contributed by atoms with Crippen molar-refractivity contribution in [2.45, 2.75) is 4.90 Å². The van der Waals surface area contributed by atoms with Crippen LogP contribution in [0.4, 0.5) is 5.82 Å². The van der Waals surface area contributed by atoms with Crippen molar-refractivity contribution in [2.75, 3.05) is 4.72 Å². The van der Waals surface area contributed by atoms with Crippen LogP contribution in [0.1, 0.15) is 0 Å². The molecule has 100 valence electrons. The number of sulfonamides is 1. The number of aromatic nitrogens is 2. The zero-order valence-corrected chi connectivity index (χ0v) is 11.6. The van der Waals surface area contributed by atoms with Crippen LogP contribution >= 0.6 is 23.2 Å². The van der Waals surface area contributed by atoms with Gasteiger partial charge in [0, 0.05) is 6.20 Å². The highest BCUT2D eigenvalue weighted by atomic mass is 35.5. The molecule has 0 aliphatic carbocycles. The minimum absolute atomic E-state index is 0.0647. The van der Waals surface area contributed by atoms with Gasteiger partial charge in [-0.05, 0) is 18.2 Å². The number of halogens is 2. The topological polar surface area (TPSA) is 91.9 Å². The summed E-state index contributed by atoms with van der Waals surface area (Å²) in [6.07, 6.45) is 1.04. The highest BCUT2D eigenvalue weighted by Gasteiger charge is 2.16. The molecule has 2 rings (SSSR count). The third kappa shape index (κ3) is 3.25. The number of rotatable bonds is 3. The number of H-pyrrole nitrogens is 1. The molecule has 2 N–H and O–H groups in total. The molecule has 0 radical (unpaired) electrons. The lowest BCUT2D eigenvalue weighted by Crippen LogP contribution is -2.16. The van der Waals surface area contributed by atoms with E-state index in [4.69, 9.17) is 23.2 Å². The van der Waals surface area contributed by atoms with Crippen LogP contribution in [0.3, 0.4) is 0 Å². The predicted molar refractivity (Wildman–Crippen MR) is 72.1 cm³/mol. The van der Waals surface area contributed by atoms with Crippen molar-refractivity contribution in [3.05, 3.63) is 51.0 Å². The van der Waals surface area contributed by atoms with Gasteiger partial charge in [-0.3, -0.25) is 9.52 Å². The summed E-state index contributed by atoms with van der Waals surface area (Å²) in [6.45, 7) is 0. The summed E-state index contributed by atoms with van der Waals surface area (Å²) in [4.78, 5) is 16.9. The van der Waals surface area contributed by atoms with Gasteiger partial charge >= 0.3 is 0 Å². The quantitative estimate of drug-likeness (QED) is 0.845. The third-order valence-electron chi connectivity index (χ3n) is 2.10. The van der Waals surface area contributed by atoms with Crippen molar-refractivity contribution in [2.24, 2.45) is 0 Å². The molecule has 9 heteroatoms. The van der Waals surface area contributed by atoms with Crippen LogP contribution in [0.5, 0.6) is 0 Å². The molecule has 2 heterocycles. The summed E-state index contributed by atoms with van der Waals surface area (Å²) in [6, 6.07) is 5.55. The second kappa shape index (κ2) is 5.20. The number of hydrogen-bond donors (Lipinski definition) is 2. The lowest BCUT2D eigenvalue weighted by molar-refractivity contribution is 0.600. The monoisotopic (exact) mass is 319 g/mol. The highest BCUT2D eigenvalue weighted by molar-refractivity contribution is 7.92. The van der Waals surface area contributed by atoms with Crippen LogP contribution in [0.2, 0.25) is 10.2 Å². The average molecular weight is 320 g/mol. The van der Waals surface area contributed by atoms with Crippen molar-refractivity contribution in [1.29, 1.82) is 0 Å². The van der Waals surface area contributed by atoms with Crippen molar-refractivity contribution in [3.63, 3.8) is 0 Å². The molecule has 0 saturated carbocycles. The molecule has 0 aromatic carbocycles. The lowest BCUT2D eigenvalue weighted by atomic mass is 10.5. The molecular weight excluding hydrogens is 313 g/mol. The first-order valence-electron chi connectivity index (χ1n) is 4.92. The predicted octanol–water partition coefficient (Wildman–Crippen LogP) is 1.88. The molecular formula is C10H7Cl2N3O3S. The van der Waals surface area contributed by atoms with E-state index in [1.807, 2.05) is 0 Å². The van der Waals surface area contributed by atoms with Crippen molar-refractivity contribution >= 4 is 39.0 Å². The van der Waals surface area contributed by atoms with Crippen LogP contribution in [0.15, 0.2) is 40.2 Å². The van der Waals surface area contributed by atoms with E-state index in [1.54, 1.807) is 6.07 Å². The van der Waals surface area contributed by atoms with Crippen LogP contribution in [0, 0.1) is 0 Å². The van der Waals surface area contributed by atoms with E-state index in [-0.39, 0.29) is 20.9 Å². The summed E-state index contributed by atoms with van der Waals surface area (Å²) in [7, 11) is -3.90. The van der Waals surface area contributed by atoms with Crippen molar-refractivity contribution in [1.82, 2.24) is 9.97 Å². The first-order valence-corrected chi connectivity index (χ1v) is 7.16. The normalized spacial score (nSPS) is 11.3. The second-order valence-electron chi connectivity index (χ2n) is 3.46. The Morgan fingerprint density at radius 1 is 1.26 bits per heavy atom. The van der Waals surface area contributed by atoms with Gasteiger partial charge in [-0.2, -0.15) is 0 Å². The van der Waals surface area contributed by atoms with Crippen LogP contribution in [-0.2, 0) is 10.0 Å². The van der Waals surface area contributed by atoms with Gasteiger partial charge in [0.05, 0.1) is 0 Å². The van der Waals surface area contributed by atoms with Gasteiger partial charge in [0.1, 0.15) is 20.9 Å².